The molecule has 0 unspecified atom stereocenters. The first-order chi connectivity index (χ1) is 10.8. The summed E-state index contributed by atoms with van der Waals surface area (Å²) in [4.78, 5) is 12.1. The van der Waals surface area contributed by atoms with Gasteiger partial charge in [0.2, 0.25) is 15.9 Å². The van der Waals surface area contributed by atoms with Crippen molar-refractivity contribution in [1.82, 2.24) is 9.62 Å². The van der Waals surface area contributed by atoms with E-state index in [0.717, 1.165) is 21.5 Å². The monoisotopic (exact) mass is 334 g/mol. The Morgan fingerprint density at radius 1 is 1.17 bits per heavy atom. The molecule has 0 aliphatic heterocycles. The molecule has 0 spiro atoms. The van der Waals surface area contributed by atoms with E-state index >= 15 is 0 Å². The van der Waals surface area contributed by atoms with Crippen LogP contribution >= 0.6 is 0 Å². The van der Waals surface area contributed by atoms with Crippen LogP contribution in [0, 0.1) is 0 Å². The lowest BCUT2D eigenvalue weighted by Crippen LogP contribution is -2.41. The van der Waals surface area contributed by atoms with Gasteiger partial charge >= 0.3 is 0 Å². The molecule has 0 saturated carbocycles. The summed E-state index contributed by atoms with van der Waals surface area (Å²) in [5, 5.41) is 4.60. The molecule has 2 rings (SSSR count). The number of hydrogen-bond acceptors (Lipinski definition) is 3. The maximum atomic E-state index is 12.6. The van der Waals surface area contributed by atoms with Crippen LogP contribution in [0.15, 0.2) is 47.4 Å². The van der Waals surface area contributed by atoms with Gasteiger partial charge in [-0.1, -0.05) is 37.3 Å². The summed E-state index contributed by atoms with van der Waals surface area (Å²) < 4.78 is 26.3. The minimum atomic E-state index is -3.70. The van der Waals surface area contributed by atoms with Crippen LogP contribution in [0.2, 0.25) is 0 Å². The molecular weight excluding hydrogens is 312 g/mol. The molecule has 1 atom stereocenters. The Labute approximate surface area is 137 Å². The third kappa shape index (κ3) is 4.09. The summed E-state index contributed by atoms with van der Waals surface area (Å²) in [6.07, 6.45) is 0.798. The first-order valence-electron chi connectivity index (χ1n) is 7.59. The molecule has 124 valence electrons. The van der Waals surface area contributed by atoms with E-state index < -0.39 is 10.0 Å². The quantitative estimate of drug-likeness (QED) is 0.882. The number of fused-ring (bicyclic) bond motifs is 1. The summed E-state index contributed by atoms with van der Waals surface area (Å²) in [6.45, 7) is 3.65. The van der Waals surface area contributed by atoms with Crippen LogP contribution < -0.4 is 5.32 Å². The molecule has 0 radical (unpaired) electrons. The number of carbonyl (C=O) groups excluding carboxylic acids is 1. The number of nitrogens with zero attached hydrogens (tertiary/aromatic N) is 1. The van der Waals surface area contributed by atoms with Crippen LogP contribution in [0.25, 0.3) is 10.8 Å². The second kappa shape index (κ2) is 7.10. The fraction of sp³-hybridized carbons (Fsp3) is 0.353. The van der Waals surface area contributed by atoms with Gasteiger partial charge < -0.3 is 5.32 Å². The normalized spacial score (nSPS) is 13.2. The first-order valence-corrected chi connectivity index (χ1v) is 9.03. The zero-order valence-corrected chi connectivity index (χ0v) is 14.4. The van der Waals surface area contributed by atoms with Crippen LogP contribution in [-0.2, 0) is 14.8 Å². The molecule has 0 heterocycles. The van der Waals surface area contributed by atoms with Crippen LogP contribution in [0.3, 0.4) is 0 Å². The molecular formula is C17H22N2O3S. The van der Waals surface area contributed by atoms with Gasteiger partial charge in [0, 0.05) is 13.1 Å². The van der Waals surface area contributed by atoms with Gasteiger partial charge in [0.1, 0.15) is 0 Å². The van der Waals surface area contributed by atoms with Crippen molar-refractivity contribution < 1.29 is 13.2 Å². The maximum Gasteiger partial charge on any atom is 0.243 e. The van der Waals surface area contributed by atoms with Gasteiger partial charge in [-0.25, -0.2) is 8.42 Å². The van der Waals surface area contributed by atoms with Crippen LogP contribution in [0.5, 0.6) is 0 Å². The smallest absolute Gasteiger partial charge is 0.243 e. The minimum absolute atomic E-state index is 0.0271. The Morgan fingerprint density at radius 2 is 1.83 bits per heavy atom. The summed E-state index contributed by atoms with van der Waals surface area (Å²) in [5.74, 6) is -0.300. The fourth-order valence-electron chi connectivity index (χ4n) is 2.22. The molecule has 2 aromatic carbocycles. The lowest BCUT2D eigenvalue weighted by molar-refractivity contribution is -0.121. The lowest BCUT2D eigenvalue weighted by Gasteiger charge is -2.19. The number of sulfonamides is 1. The minimum Gasteiger partial charge on any atom is -0.353 e. The Kier molecular flexibility index (Phi) is 5.38. The fourth-order valence-corrected chi connectivity index (χ4v) is 3.38. The van der Waals surface area contributed by atoms with Crippen molar-refractivity contribution in [2.75, 3.05) is 13.6 Å². The average molecular weight is 334 g/mol. The highest BCUT2D eigenvalue weighted by molar-refractivity contribution is 7.89. The van der Waals surface area contributed by atoms with E-state index in [1.165, 1.54) is 7.05 Å². The van der Waals surface area contributed by atoms with E-state index in [1.54, 1.807) is 18.2 Å². The zero-order chi connectivity index (χ0) is 17.0. The highest BCUT2D eigenvalue weighted by Crippen LogP contribution is 2.21. The van der Waals surface area contributed by atoms with Crippen molar-refractivity contribution in [1.29, 1.82) is 0 Å². The Morgan fingerprint density at radius 3 is 2.48 bits per heavy atom. The Hall–Kier alpha value is -1.92. The molecule has 0 aliphatic rings. The van der Waals surface area contributed by atoms with E-state index in [-0.39, 0.29) is 23.4 Å². The van der Waals surface area contributed by atoms with Crippen molar-refractivity contribution in [2.24, 2.45) is 0 Å². The van der Waals surface area contributed by atoms with E-state index in [0.29, 0.717) is 0 Å². The second-order valence-electron chi connectivity index (χ2n) is 5.65. The Balaban J connectivity index is 2.20. The van der Waals surface area contributed by atoms with Gasteiger partial charge in [-0.2, -0.15) is 4.31 Å². The van der Waals surface area contributed by atoms with Gasteiger partial charge in [0.25, 0.3) is 0 Å². The second-order valence-corrected chi connectivity index (χ2v) is 7.69. The lowest BCUT2D eigenvalue weighted by atomic mass is 10.1. The van der Waals surface area contributed by atoms with Crippen molar-refractivity contribution in [3.05, 3.63) is 42.5 Å². The molecule has 0 aromatic heterocycles. The number of hydrogen-bond donors (Lipinski definition) is 1. The molecule has 0 aliphatic carbocycles. The SMILES string of the molecule is CC[C@@H](C)NC(=O)CN(C)S(=O)(=O)c1ccc2ccccc2c1. The van der Waals surface area contributed by atoms with Crippen molar-refractivity contribution >= 4 is 26.7 Å². The van der Waals surface area contributed by atoms with E-state index in [1.807, 2.05) is 38.1 Å². The van der Waals surface area contributed by atoms with Gasteiger partial charge in [-0.15, -0.1) is 0 Å². The first kappa shape index (κ1) is 17.4. The molecule has 2 aromatic rings. The predicted octanol–water partition coefficient (Wildman–Crippen LogP) is 2.38. The molecule has 1 amide bonds. The van der Waals surface area contributed by atoms with E-state index in [4.69, 9.17) is 0 Å². The predicted molar refractivity (Wildman–Crippen MR) is 91.7 cm³/mol. The third-order valence-electron chi connectivity index (χ3n) is 3.82. The van der Waals surface area contributed by atoms with Crippen LogP contribution in [0.1, 0.15) is 20.3 Å². The van der Waals surface area contributed by atoms with Crippen LogP contribution in [0.4, 0.5) is 0 Å². The third-order valence-corrected chi connectivity index (χ3v) is 5.61. The largest absolute Gasteiger partial charge is 0.353 e. The van der Waals surface area contributed by atoms with Crippen LogP contribution in [-0.4, -0.2) is 38.3 Å². The molecule has 0 fully saturated rings. The van der Waals surface area contributed by atoms with Crippen molar-refractivity contribution in [2.45, 2.75) is 31.2 Å². The molecule has 23 heavy (non-hydrogen) atoms. The van der Waals surface area contributed by atoms with Gasteiger partial charge in [0.15, 0.2) is 0 Å². The molecule has 0 saturated heterocycles. The van der Waals surface area contributed by atoms with Crippen molar-refractivity contribution in [3.63, 3.8) is 0 Å². The molecule has 5 nitrogen and oxygen atoms in total. The van der Waals surface area contributed by atoms with E-state index in [9.17, 15) is 13.2 Å². The van der Waals surface area contributed by atoms with Gasteiger partial charge in [-0.05, 0) is 36.2 Å². The maximum absolute atomic E-state index is 12.6. The van der Waals surface area contributed by atoms with Crippen molar-refractivity contribution in [3.8, 4) is 0 Å². The summed E-state index contributed by atoms with van der Waals surface area (Å²) in [7, 11) is -2.28. The standard InChI is InChI=1S/C17H22N2O3S/c1-4-13(2)18-17(20)12-19(3)23(21,22)16-10-9-14-7-5-6-8-15(14)11-16/h5-11,13H,4,12H2,1-3H3,(H,18,20)/t13-/m1/s1. The number of amides is 1. The number of rotatable bonds is 6. The van der Waals surface area contributed by atoms with E-state index in [2.05, 4.69) is 5.32 Å². The Bertz CT molecular complexity index is 802. The summed E-state index contributed by atoms with van der Waals surface area (Å²) in [5.41, 5.74) is 0. The molecule has 1 N–H and O–H groups in total. The number of likely N-dealkylation sites (N-methyl/N-ethyl adjacent to an activating group) is 1. The number of nitrogens with one attached hydrogen (secondary N) is 1. The zero-order valence-electron chi connectivity index (χ0n) is 13.6. The number of benzene rings is 2. The average Bonchev–Trinajstić information content (AvgIpc) is 2.53. The number of carbonyl (C=O) groups is 1. The summed E-state index contributed by atoms with van der Waals surface area (Å²) in [6, 6.07) is 12.6. The van der Waals surface area contributed by atoms with Gasteiger partial charge in [0.05, 0.1) is 11.4 Å². The highest BCUT2D eigenvalue weighted by atomic mass is 32.2. The molecule has 0 bridgehead atoms. The topological polar surface area (TPSA) is 66.5 Å². The highest BCUT2D eigenvalue weighted by Gasteiger charge is 2.23. The summed E-state index contributed by atoms with van der Waals surface area (Å²) >= 11 is 0. The van der Waals surface area contributed by atoms with Gasteiger partial charge in [-0.3, -0.25) is 4.79 Å². The molecule has 6 heteroatoms.